The lowest BCUT2D eigenvalue weighted by atomic mass is 10.2. The van der Waals surface area contributed by atoms with Gasteiger partial charge in [-0.05, 0) is 37.3 Å². The fraction of sp³-hybridized carbons (Fsp3) is 0.0714. The third kappa shape index (κ3) is 3.32. The molecule has 0 amide bonds. The first-order chi connectivity index (χ1) is 9.51. The lowest BCUT2D eigenvalue weighted by Crippen LogP contribution is -2.12. The largest absolute Gasteiger partial charge is 0.280 e. The van der Waals surface area contributed by atoms with Crippen LogP contribution in [0, 0.1) is 6.92 Å². The van der Waals surface area contributed by atoms with Gasteiger partial charge in [-0.2, -0.15) is 4.99 Å². The van der Waals surface area contributed by atoms with Crippen molar-refractivity contribution in [3.8, 4) is 0 Å². The van der Waals surface area contributed by atoms with Crippen molar-refractivity contribution in [3.63, 3.8) is 0 Å². The van der Waals surface area contributed by atoms with Crippen LogP contribution in [0.4, 0.5) is 11.4 Å². The van der Waals surface area contributed by atoms with Crippen molar-refractivity contribution in [2.24, 2.45) is 4.99 Å². The highest BCUT2D eigenvalue weighted by molar-refractivity contribution is 7.92. The zero-order valence-corrected chi connectivity index (χ0v) is 11.5. The fourth-order valence-electron chi connectivity index (χ4n) is 1.61. The quantitative estimate of drug-likeness (QED) is 0.694. The molecule has 0 saturated heterocycles. The maximum atomic E-state index is 12.2. The van der Waals surface area contributed by atoms with Crippen molar-refractivity contribution in [2.45, 2.75) is 11.8 Å². The smallest absolute Gasteiger partial charge is 0.261 e. The van der Waals surface area contributed by atoms with Gasteiger partial charge in [0.25, 0.3) is 10.0 Å². The molecular weight excluding hydrogens is 276 g/mol. The van der Waals surface area contributed by atoms with Crippen LogP contribution in [0.2, 0.25) is 0 Å². The van der Waals surface area contributed by atoms with E-state index >= 15 is 0 Å². The molecule has 102 valence electrons. The van der Waals surface area contributed by atoms with E-state index in [0.717, 1.165) is 5.56 Å². The van der Waals surface area contributed by atoms with Gasteiger partial charge in [0.05, 0.1) is 10.6 Å². The summed E-state index contributed by atoms with van der Waals surface area (Å²) in [7, 11) is -3.71. The molecular formula is C14H12N2O3S. The Bertz CT molecular complexity index is 761. The first kappa shape index (κ1) is 14.0. The van der Waals surface area contributed by atoms with E-state index in [-0.39, 0.29) is 10.6 Å². The van der Waals surface area contributed by atoms with Gasteiger partial charge < -0.3 is 0 Å². The second kappa shape index (κ2) is 5.69. The number of hydrogen-bond donors (Lipinski definition) is 1. The number of carbonyl (C=O) groups excluding carboxylic acids is 1. The number of anilines is 1. The Labute approximate surface area is 117 Å². The SMILES string of the molecule is Cc1ccc(NS(=O)(=O)c2cccc(N=C=O)c2)cc1. The second-order valence-corrected chi connectivity index (χ2v) is 5.85. The standard InChI is InChI=1S/C14H12N2O3S/c1-11-5-7-12(8-6-11)16-20(18,19)14-4-2-3-13(9-14)15-10-17/h2-9,16H,1H3. The van der Waals surface area contributed by atoms with Crippen LogP contribution in [0.25, 0.3) is 0 Å². The molecule has 0 aromatic heterocycles. The number of hydrogen-bond acceptors (Lipinski definition) is 4. The number of nitrogens with zero attached hydrogens (tertiary/aromatic N) is 1. The topological polar surface area (TPSA) is 75.6 Å². The van der Waals surface area contributed by atoms with E-state index in [1.165, 1.54) is 30.3 Å². The van der Waals surface area contributed by atoms with Crippen molar-refractivity contribution in [1.29, 1.82) is 0 Å². The van der Waals surface area contributed by atoms with Gasteiger partial charge in [0, 0.05) is 5.69 Å². The number of benzene rings is 2. The average Bonchev–Trinajstić information content (AvgIpc) is 2.42. The monoisotopic (exact) mass is 288 g/mol. The number of nitrogens with one attached hydrogen (secondary N) is 1. The van der Waals surface area contributed by atoms with Crippen molar-refractivity contribution >= 4 is 27.5 Å². The van der Waals surface area contributed by atoms with Crippen LogP contribution in [-0.2, 0) is 14.8 Å². The summed E-state index contributed by atoms with van der Waals surface area (Å²) in [5, 5.41) is 0. The minimum atomic E-state index is -3.71. The van der Waals surface area contributed by atoms with Gasteiger partial charge in [-0.25, -0.2) is 13.2 Å². The van der Waals surface area contributed by atoms with Crippen LogP contribution in [0.1, 0.15) is 5.56 Å². The minimum absolute atomic E-state index is 0.0366. The Balaban J connectivity index is 2.32. The highest BCUT2D eigenvalue weighted by Crippen LogP contribution is 2.20. The summed E-state index contributed by atoms with van der Waals surface area (Å²) in [4.78, 5) is 13.6. The van der Waals surface area contributed by atoms with Crippen LogP contribution in [0.15, 0.2) is 58.4 Å². The highest BCUT2D eigenvalue weighted by atomic mass is 32.2. The maximum Gasteiger partial charge on any atom is 0.261 e. The zero-order chi connectivity index (χ0) is 14.6. The second-order valence-electron chi connectivity index (χ2n) is 4.17. The predicted octanol–water partition coefficient (Wildman–Crippen LogP) is 2.76. The van der Waals surface area contributed by atoms with E-state index in [0.29, 0.717) is 5.69 Å². The highest BCUT2D eigenvalue weighted by Gasteiger charge is 2.14. The summed E-state index contributed by atoms with van der Waals surface area (Å²) in [5.41, 5.74) is 1.75. The number of aliphatic imine (C=N–C) groups is 1. The zero-order valence-electron chi connectivity index (χ0n) is 10.7. The molecule has 1 N–H and O–H groups in total. The molecule has 0 unspecified atom stereocenters. The Hall–Kier alpha value is -2.43. The van der Waals surface area contributed by atoms with Crippen LogP contribution in [0.5, 0.6) is 0 Å². The van der Waals surface area contributed by atoms with Crippen molar-refractivity contribution in [3.05, 3.63) is 54.1 Å². The van der Waals surface area contributed by atoms with Crippen LogP contribution in [-0.4, -0.2) is 14.5 Å². The van der Waals surface area contributed by atoms with Crippen LogP contribution >= 0.6 is 0 Å². The predicted molar refractivity (Wildman–Crippen MR) is 76.2 cm³/mol. The normalized spacial score (nSPS) is 10.7. The Morgan fingerprint density at radius 1 is 1.10 bits per heavy atom. The Morgan fingerprint density at radius 3 is 2.45 bits per heavy atom. The molecule has 2 rings (SSSR count). The molecule has 2 aromatic rings. The van der Waals surface area contributed by atoms with E-state index in [4.69, 9.17) is 0 Å². The van der Waals surface area contributed by atoms with Gasteiger partial charge in [-0.15, -0.1) is 0 Å². The van der Waals surface area contributed by atoms with Gasteiger partial charge in [0.2, 0.25) is 6.08 Å². The molecule has 0 atom stereocenters. The van der Waals surface area contributed by atoms with Crippen molar-refractivity contribution in [1.82, 2.24) is 0 Å². The fourth-order valence-corrected chi connectivity index (χ4v) is 2.71. The van der Waals surface area contributed by atoms with Crippen molar-refractivity contribution < 1.29 is 13.2 Å². The lowest BCUT2D eigenvalue weighted by Gasteiger charge is -2.08. The molecule has 20 heavy (non-hydrogen) atoms. The Kier molecular flexibility index (Phi) is 3.98. The molecule has 5 nitrogen and oxygen atoms in total. The van der Waals surface area contributed by atoms with E-state index < -0.39 is 10.0 Å². The Morgan fingerprint density at radius 2 is 1.80 bits per heavy atom. The molecule has 2 aromatic carbocycles. The number of sulfonamides is 1. The van der Waals surface area contributed by atoms with E-state index in [1.54, 1.807) is 12.1 Å². The molecule has 0 heterocycles. The van der Waals surface area contributed by atoms with Gasteiger partial charge in [-0.3, -0.25) is 4.72 Å². The molecule has 0 spiro atoms. The van der Waals surface area contributed by atoms with E-state index in [1.807, 2.05) is 19.1 Å². The summed E-state index contributed by atoms with van der Waals surface area (Å²) >= 11 is 0. The van der Waals surface area contributed by atoms with Gasteiger partial charge in [0.15, 0.2) is 0 Å². The molecule has 0 saturated carbocycles. The minimum Gasteiger partial charge on any atom is -0.280 e. The summed E-state index contributed by atoms with van der Waals surface area (Å²) in [6.07, 6.45) is 1.38. The third-order valence-electron chi connectivity index (χ3n) is 2.61. The maximum absolute atomic E-state index is 12.2. The lowest BCUT2D eigenvalue weighted by molar-refractivity contribution is 0.565. The molecule has 0 bridgehead atoms. The third-order valence-corrected chi connectivity index (χ3v) is 3.99. The van der Waals surface area contributed by atoms with Crippen molar-refractivity contribution in [2.75, 3.05) is 4.72 Å². The first-order valence-corrected chi connectivity index (χ1v) is 7.27. The molecule has 0 aliphatic heterocycles. The first-order valence-electron chi connectivity index (χ1n) is 5.79. The number of isocyanates is 1. The average molecular weight is 288 g/mol. The molecule has 0 fully saturated rings. The molecule has 0 aliphatic carbocycles. The summed E-state index contributed by atoms with van der Waals surface area (Å²) in [6, 6.07) is 12.8. The summed E-state index contributed by atoms with van der Waals surface area (Å²) < 4.78 is 26.8. The molecule has 0 radical (unpaired) electrons. The van der Waals surface area contributed by atoms with Crippen LogP contribution in [0.3, 0.4) is 0 Å². The molecule has 6 heteroatoms. The molecule has 0 aliphatic rings. The number of aryl methyl sites for hydroxylation is 1. The van der Waals surface area contributed by atoms with Gasteiger partial charge in [0.1, 0.15) is 0 Å². The summed E-state index contributed by atoms with van der Waals surface area (Å²) in [6.45, 7) is 1.92. The van der Waals surface area contributed by atoms with E-state index in [9.17, 15) is 13.2 Å². The van der Waals surface area contributed by atoms with E-state index in [2.05, 4.69) is 9.71 Å². The number of rotatable bonds is 4. The van der Waals surface area contributed by atoms with Gasteiger partial charge >= 0.3 is 0 Å². The van der Waals surface area contributed by atoms with Crippen LogP contribution < -0.4 is 4.72 Å². The summed E-state index contributed by atoms with van der Waals surface area (Å²) in [5.74, 6) is 0. The van der Waals surface area contributed by atoms with Gasteiger partial charge in [-0.1, -0.05) is 23.8 Å².